The number of carbonyl (C=O) groups excluding carboxylic acids is 3. The molecule has 0 aliphatic carbocycles. The molecule has 7 N–H and O–H groups in total. The Kier molecular flexibility index (Phi) is 10.3. The van der Waals surface area contributed by atoms with Gasteiger partial charge in [0.1, 0.15) is 18.1 Å². The number of imidazole rings is 1. The van der Waals surface area contributed by atoms with Crippen LogP contribution in [-0.4, -0.2) is 97.5 Å². The summed E-state index contributed by atoms with van der Waals surface area (Å²) in [6.07, 6.45) is 5.05. The second-order valence-electron chi connectivity index (χ2n) is 7.92. The van der Waals surface area contributed by atoms with Crippen molar-refractivity contribution in [1.29, 1.82) is 0 Å². The van der Waals surface area contributed by atoms with Crippen LogP contribution < -0.4 is 16.4 Å². The van der Waals surface area contributed by atoms with Crippen molar-refractivity contribution in [1.82, 2.24) is 25.5 Å². The van der Waals surface area contributed by atoms with E-state index in [4.69, 9.17) is 5.73 Å². The molecule has 0 bridgehead atoms. The van der Waals surface area contributed by atoms with E-state index in [1.807, 2.05) is 6.26 Å². The fraction of sp³-hybridized carbons (Fsp3) is 0.600. The maximum absolute atomic E-state index is 13.2. The Morgan fingerprint density at radius 1 is 1.24 bits per heavy atom. The zero-order valence-electron chi connectivity index (χ0n) is 18.7. The van der Waals surface area contributed by atoms with Gasteiger partial charge in [-0.1, -0.05) is 0 Å². The number of thioether (sulfide) groups is 1. The van der Waals surface area contributed by atoms with E-state index in [1.165, 1.54) is 29.2 Å². The molecule has 14 heteroatoms. The van der Waals surface area contributed by atoms with Gasteiger partial charge in [-0.15, -0.1) is 0 Å². The SMILES string of the molecule is CSCCC(N)C(=O)NC(CC(=O)O)C(=O)NC(Cc1cnc[nH]1)C(=O)N1CCCC1C(=O)O. The summed E-state index contributed by atoms with van der Waals surface area (Å²) >= 11 is 1.49. The predicted octanol–water partition coefficient (Wildman–Crippen LogP) is -1.45. The number of H-pyrrole nitrogens is 1. The molecule has 1 aliphatic rings. The molecule has 0 radical (unpaired) electrons. The lowest BCUT2D eigenvalue weighted by atomic mass is 10.1. The van der Waals surface area contributed by atoms with E-state index in [2.05, 4.69) is 20.6 Å². The highest BCUT2D eigenvalue weighted by atomic mass is 32.2. The fourth-order valence-electron chi connectivity index (χ4n) is 3.61. The average Bonchev–Trinajstić information content (AvgIpc) is 3.47. The number of hydrogen-bond acceptors (Lipinski definition) is 8. The van der Waals surface area contributed by atoms with Gasteiger partial charge in [0, 0.05) is 24.9 Å². The molecule has 3 amide bonds. The maximum atomic E-state index is 13.2. The molecular formula is C20H30N6O7S. The quantitative estimate of drug-likeness (QED) is 0.186. The third kappa shape index (κ3) is 7.73. The van der Waals surface area contributed by atoms with Crippen LogP contribution >= 0.6 is 11.8 Å². The second kappa shape index (κ2) is 12.9. The Bertz CT molecular complexity index is 881. The molecule has 0 spiro atoms. The highest BCUT2D eigenvalue weighted by Gasteiger charge is 2.38. The number of aromatic amines is 1. The van der Waals surface area contributed by atoms with Gasteiger partial charge in [-0.05, 0) is 31.3 Å². The number of likely N-dealkylation sites (tertiary alicyclic amines) is 1. The molecule has 1 aromatic rings. The Morgan fingerprint density at radius 3 is 2.53 bits per heavy atom. The van der Waals surface area contributed by atoms with Crippen LogP contribution in [0.5, 0.6) is 0 Å². The van der Waals surface area contributed by atoms with Crippen LogP contribution in [0.4, 0.5) is 0 Å². The Labute approximate surface area is 200 Å². The first kappa shape index (κ1) is 27.1. The smallest absolute Gasteiger partial charge is 0.326 e. The van der Waals surface area contributed by atoms with Crippen LogP contribution in [0.25, 0.3) is 0 Å². The van der Waals surface area contributed by atoms with Gasteiger partial charge in [-0.3, -0.25) is 19.2 Å². The predicted molar refractivity (Wildman–Crippen MR) is 122 cm³/mol. The van der Waals surface area contributed by atoms with E-state index in [0.29, 0.717) is 24.3 Å². The summed E-state index contributed by atoms with van der Waals surface area (Å²) in [5.74, 6) is -4.07. The van der Waals surface area contributed by atoms with Crippen LogP contribution in [-0.2, 0) is 30.4 Å². The van der Waals surface area contributed by atoms with Crippen molar-refractivity contribution in [3.63, 3.8) is 0 Å². The first-order valence-corrected chi connectivity index (χ1v) is 12.1. The molecule has 13 nitrogen and oxygen atoms in total. The number of nitrogens with two attached hydrogens (primary N) is 1. The first-order chi connectivity index (χ1) is 16.1. The molecule has 34 heavy (non-hydrogen) atoms. The molecule has 1 aliphatic heterocycles. The van der Waals surface area contributed by atoms with Gasteiger partial charge >= 0.3 is 11.9 Å². The summed E-state index contributed by atoms with van der Waals surface area (Å²) in [5.41, 5.74) is 6.32. The molecule has 2 heterocycles. The molecule has 1 fully saturated rings. The average molecular weight is 499 g/mol. The zero-order valence-corrected chi connectivity index (χ0v) is 19.5. The van der Waals surface area contributed by atoms with Gasteiger partial charge < -0.3 is 36.5 Å². The van der Waals surface area contributed by atoms with Gasteiger partial charge in [0.05, 0.1) is 18.8 Å². The fourth-order valence-corrected chi connectivity index (χ4v) is 4.10. The van der Waals surface area contributed by atoms with Gasteiger partial charge in [-0.2, -0.15) is 11.8 Å². The number of carboxylic acid groups (broad SMARTS) is 2. The first-order valence-electron chi connectivity index (χ1n) is 10.7. The van der Waals surface area contributed by atoms with Crippen molar-refractivity contribution in [2.45, 2.75) is 56.3 Å². The second-order valence-corrected chi connectivity index (χ2v) is 8.90. The molecular weight excluding hydrogens is 468 g/mol. The van der Waals surface area contributed by atoms with Crippen molar-refractivity contribution in [3.05, 3.63) is 18.2 Å². The Morgan fingerprint density at radius 2 is 1.94 bits per heavy atom. The number of carboxylic acids is 2. The largest absolute Gasteiger partial charge is 0.481 e. The van der Waals surface area contributed by atoms with Crippen LogP contribution in [0.3, 0.4) is 0 Å². The molecule has 2 rings (SSSR count). The van der Waals surface area contributed by atoms with Crippen molar-refractivity contribution in [3.8, 4) is 0 Å². The van der Waals surface area contributed by atoms with Crippen LogP contribution in [0, 0.1) is 0 Å². The molecule has 1 aromatic heterocycles. The summed E-state index contributed by atoms with van der Waals surface area (Å²) in [5, 5.41) is 23.5. The van der Waals surface area contributed by atoms with Crippen molar-refractivity contribution >= 4 is 41.4 Å². The molecule has 0 aromatic carbocycles. The number of amides is 3. The third-order valence-electron chi connectivity index (χ3n) is 5.40. The lowest BCUT2D eigenvalue weighted by molar-refractivity contribution is -0.149. The number of carbonyl (C=O) groups is 5. The monoisotopic (exact) mass is 498 g/mol. The maximum Gasteiger partial charge on any atom is 0.326 e. The van der Waals surface area contributed by atoms with Crippen LogP contribution in [0.2, 0.25) is 0 Å². The minimum absolute atomic E-state index is 0.0333. The van der Waals surface area contributed by atoms with E-state index in [-0.39, 0.29) is 19.4 Å². The normalized spacial score (nSPS) is 18.1. The number of aliphatic carboxylic acids is 2. The van der Waals surface area contributed by atoms with E-state index in [1.54, 1.807) is 0 Å². The molecule has 0 saturated carbocycles. The molecule has 4 unspecified atom stereocenters. The summed E-state index contributed by atoms with van der Waals surface area (Å²) < 4.78 is 0. The zero-order chi connectivity index (χ0) is 25.3. The van der Waals surface area contributed by atoms with E-state index >= 15 is 0 Å². The number of nitrogens with one attached hydrogen (secondary N) is 3. The minimum atomic E-state index is -1.48. The lowest BCUT2D eigenvalue weighted by Crippen LogP contribution is -2.58. The summed E-state index contributed by atoms with van der Waals surface area (Å²) in [4.78, 5) is 69.3. The number of aromatic nitrogens is 2. The van der Waals surface area contributed by atoms with E-state index in [0.717, 1.165) is 0 Å². The number of nitrogens with zero attached hydrogens (tertiary/aromatic N) is 2. The highest BCUT2D eigenvalue weighted by molar-refractivity contribution is 7.98. The van der Waals surface area contributed by atoms with Gasteiger partial charge in [0.25, 0.3) is 0 Å². The highest BCUT2D eigenvalue weighted by Crippen LogP contribution is 2.19. The topological polar surface area (TPSA) is 208 Å². The van der Waals surface area contributed by atoms with Crippen molar-refractivity contribution < 1.29 is 34.2 Å². The number of rotatable bonds is 13. The van der Waals surface area contributed by atoms with Gasteiger partial charge in [0.2, 0.25) is 17.7 Å². The van der Waals surface area contributed by atoms with Crippen LogP contribution in [0.15, 0.2) is 12.5 Å². The van der Waals surface area contributed by atoms with Gasteiger partial charge in [-0.25, -0.2) is 9.78 Å². The molecule has 1 saturated heterocycles. The molecule has 4 atom stereocenters. The summed E-state index contributed by atoms with van der Waals surface area (Å²) in [7, 11) is 0. The summed E-state index contributed by atoms with van der Waals surface area (Å²) in [6.45, 7) is 0.213. The van der Waals surface area contributed by atoms with E-state index in [9.17, 15) is 34.2 Å². The van der Waals surface area contributed by atoms with Crippen LogP contribution in [0.1, 0.15) is 31.4 Å². The standard InChI is InChI=1S/C20H30N6O7S/c1-34-6-4-12(21)17(29)24-13(8-16(27)28)18(30)25-14(7-11-9-22-10-23-11)19(31)26-5-2-3-15(26)20(32)33/h9-10,12-15H,2-8,21H2,1H3,(H,22,23)(H,24,29)(H,25,30)(H,27,28)(H,32,33). The van der Waals surface area contributed by atoms with Crippen molar-refractivity contribution in [2.75, 3.05) is 18.6 Å². The third-order valence-corrected chi connectivity index (χ3v) is 6.04. The Balaban J connectivity index is 2.19. The van der Waals surface area contributed by atoms with Crippen molar-refractivity contribution in [2.24, 2.45) is 5.73 Å². The lowest BCUT2D eigenvalue weighted by Gasteiger charge is -2.28. The van der Waals surface area contributed by atoms with Gasteiger partial charge in [0.15, 0.2) is 0 Å². The number of hydrogen-bond donors (Lipinski definition) is 6. The Hall–Kier alpha value is -3.13. The molecule has 188 valence electrons. The summed E-state index contributed by atoms with van der Waals surface area (Å²) in [6, 6.07) is -4.62. The minimum Gasteiger partial charge on any atom is -0.481 e. The van der Waals surface area contributed by atoms with E-state index < -0.39 is 60.2 Å².